The molecule has 0 saturated heterocycles. The fourth-order valence-electron chi connectivity index (χ4n) is 3.46. The average Bonchev–Trinajstić information content (AvgIpc) is 2.97. The van der Waals surface area contributed by atoms with Crippen LogP contribution in [0, 0.1) is 0 Å². The standard InChI is InChI=1S/C20H22N4O/c1-25-19-8-5-11-21-18(19)14-24-12-9-16-17(10-13-24)22-23-20(16)15-6-3-2-4-7-15/h2-8,11H,9-10,12-14H2,1H3,(H,22,23). The second-order valence-electron chi connectivity index (χ2n) is 6.32. The zero-order valence-electron chi connectivity index (χ0n) is 14.4. The Labute approximate surface area is 147 Å². The summed E-state index contributed by atoms with van der Waals surface area (Å²) >= 11 is 0. The van der Waals surface area contributed by atoms with Crippen molar-refractivity contribution < 1.29 is 4.74 Å². The summed E-state index contributed by atoms with van der Waals surface area (Å²) in [4.78, 5) is 6.93. The van der Waals surface area contributed by atoms with Gasteiger partial charge in [-0.3, -0.25) is 15.0 Å². The highest BCUT2D eigenvalue weighted by molar-refractivity contribution is 5.64. The Morgan fingerprint density at radius 3 is 2.76 bits per heavy atom. The molecule has 1 aromatic carbocycles. The van der Waals surface area contributed by atoms with Gasteiger partial charge >= 0.3 is 0 Å². The van der Waals surface area contributed by atoms with E-state index in [4.69, 9.17) is 4.74 Å². The molecule has 0 unspecified atom stereocenters. The molecule has 25 heavy (non-hydrogen) atoms. The van der Waals surface area contributed by atoms with Crippen molar-refractivity contribution in [3.05, 3.63) is 65.6 Å². The number of benzene rings is 1. The van der Waals surface area contributed by atoms with Crippen LogP contribution >= 0.6 is 0 Å². The highest BCUT2D eigenvalue weighted by atomic mass is 16.5. The van der Waals surface area contributed by atoms with Gasteiger partial charge in [-0.25, -0.2) is 0 Å². The first-order valence-electron chi connectivity index (χ1n) is 8.67. The number of fused-ring (bicyclic) bond motifs is 1. The monoisotopic (exact) mass is 334 g/mol. The van der Waals surface area contributed by atoms with Crippen LogP contribution in [-0.4, -0.2) is 40.3 Å². The number of nitrogens with one attached hydrogen (secondary N) is 1. The number of hydrogen-bond donors (Lipinski definition) is 1. The molecule has 1 N–H and O–H groups in total. The molecule has 3 heterocycles. The minimum absolute atomic E-state index is 0.808. The third kappa shape index (κ3) is 3.28. The molecular weight excluding hydrogens is 312 g/mol. The van der Waals surface area contributed by atoms with Crippen LogP contribution in [0.4, 0.5) is 0 Å². The second kappa shape index (κ2) is 7.07. The quantitative estimate of drug-likeness (QED) is 0.797. The van der Waals surface area contributed by atoms with Crippen LogP contribution in [0.1, 0.15) is 17.0 Å². The summed E-state index contributed by atoms with van der Waals surface area (Å²) in [6.07, 6.45) is 3.80. The molecule has 0 radical (unpaired) electrons. The molecule has 1 aliphatic heterocycles. The summed E-state index contributed by atoms with van der Waals surface area (Å²) in [5.41, 5.74) is 5.88. The van der Waals surface area contributed by atoms with E-state index in [1.165, 1.54) is 16.8 Å². The summed E-state index contributed by atoms with van der Waals surface area (Å²) in [5, 5.41) is 7.82. The molecule has 0 bridgehead atoms. The number of ether oxygens (including phenoxy) is 1. The van der Waals surface area contributed by atoms with E-state index in [2.05, 4.69) is 44.3 Å². The van der Waals surface area contributed by atoms with Gasteiger partial charge < -0.3 is 4.74 Å². The molecule has 128 valence electrons. The van der Waals surface area contributed by atoms with Crippen molar-refractivity contribution in [3.8, 4) is 17.0 Å². The van der Waals surface area contributed by atoms with Crippen LogP contribution in [0.5, 0.6) is 5.75 Å². The number of aromatic amines is 1. The van der Waals surface area contributed by atoms with E-state index in [1.54, 1.807) is 7.11 Å². The molecule has 2 aromatic heterocycles. The Kier molecular flexibility index (Phi) is 4.48. The third-order valence-corrected chi connectivity index (χ3v) is 4.80. The van der Waals surface area contributed by atoms with E-state index >= 15 is 0 Å². The van der Waals surface area contributed by atoms with Gasteiger partial charge in [0, 0.05) is 49.1 Å². The summed E-state index contributed by atoms with van der Waals surface area (Å²) in [5.74, 6) is 0.858. The normalized spacial score (nSPS) is 14.8. The van der Waals surface area contributed by atoms with E-state index in [9.17, 15) is 0 Å². The molecule has 0 fully saturated rings. The summed E-state index contributed by atoms with van der Waals surface area (Å²) in [7, 11) is 1.70. The highest BCUT2D eigenvalue weighted by Gasteiger charge is 2.21. The van der Waals surface area contributed by atoms with Crippen LogP contribution in [0.25, 0.3) is 11.3 Å². The molecule has 0 spiro atoms. The number of rotatable bonds is 4. The SMILES string of the molecule is COc1cccnc1CN1CCc2[nH]nc(-c3ccccc3)c2CC1. The van der Waals surface area contributed by atoms with Crippen molar-refractivity contribution in [2.24, 2.45) is 0 Å². The molecule has 0 aliphatic carbocycles. The molecule has 3 aromatic rings. The maximum atomic E-state index is 5.44. The Morgan fingerprint density at radius 1 is 1.08 bits per heavy atom. The van der Waals surface area contributed by atoms with E-state index in [0.29, 0.717) is 0 Å². The van der Waals surface area contributed by atoms with E-state index in [0.717, 1.165) is 49.6 Å². The van der Waals surface area contributed by atoms with E-state index < -0.39 is 0 Å². The van der Waals surface area contributed by atoms with Crippen LogP contribution in [-0.2, 0) is 19.4 Å². The largest absolute Gasteiger partial charge is 0.495 e. The molecule has 1 aliphatic rings. The van der Waals surface area contributed by atoms with Crippen LogP contribution in [0.2, 0.25) is 0 Å². The van der Waals surface area contributed by atoms with Gasteiger partial charge in [-0.15, -0.1) is 0 Å². The fraction of sp³-hybridized carbons (Fsp3) is 0.300. The second-order valence-corrected chi connectivity index (χ2v) is 6.32. The van der Waals surface area contributed by atoms with Crippen LogP contribution in [0.3, 0.4) is 0 Å². The summed E-state index contributed by atoms with van der Waals surface area (Å²) < 4.78 is 5.44. The Morgan fingerprint density at radius 2 is 1.92 bits per heavy atom. The van der Waals surface area contributed by atoms with E-state index in [1.807, 2.05) is 24.4 Å². The molecular formula is C20H22N4O. The van der Waals surface area contributed by atoms with Gasteiger partial charge in [0.25, 0.3) is 0 Å². The van der Waals surface area contributed by atoms with Gasteiger partial charge in [-0.1, -0.05) is 30.3 Å². The van der Waals surface area contributed by atoms with Gasteiger partial charge in [0.15, 0.2) is 0 Å². The van der Waals surface area contributed by atoms with Gasteiger partial charge in [-0.05, 0) is 18.6 Å². The van der Waals surface area contributed by atoms with E-state index in [-0.39, 0.29) is 0 Å². The average molecular weight is 334 g/mol. The van der Waals surface area contributed by atoms with Gasteiger partial charge in [-0.2, -0.15) is 5.10 Å². The van der Waals surface area contributed by atoms with Crippen molar-refractivity contribution in [2.45, 2.75) is 19.4 Å². The Hall–Kier alpha value is -2.66. The van der Waals surface area contributed by atoms with Crippen molar-refractivity contribution in [1.29, 1.82) is 0 Å². The lowest BCUT2D eigenvalue weighted by molar-refractivity contribution is 0.269. The van der Waals surface area contributed by atoms with Crippen LogP contribution < -0.4 is 4.74 Å². The van der Waals surface area contributed by atoms with Crippen LogP contribution in [0.15, 0.2) is 48.7 Å². The summed E-state index contributed by atoms with van der Waals surface area (Å²) in [6.45, 7) is 2.79. The first-order valence-corrected chi connectivity index (χ1v) is 8.67. The Balaban J connectivity index is 1.52. The number of hydrogen-bond acceptors (Lipinski definition) is 4. The van der Waals surface area contributed by atoms with Crippen molar-refractivity contribution in [3.63, 3.8) is 0 Å². The minimum Gasteiger partial charge on any atom is -0.495 e. The molecule has 0 atom stereocenters. The lowest BCUT2D eigenvalue weighted by Crippen LogP contribution is -2.26. The van der Waals surface area contributed by atoms with Gasteiger partial charge in [0.2, 0.25) is 0 Å². The first kappa shape index (κ1) is 15.8. The van der Waals surface area contributed by atoms with Crippen molar-refractivity contribution in [2.75, 3.05) is 20.2 Å². The molecule has 5 nitrogen and oxygen atoms in total. The smallest absolute Gasteiger partial charge is 0.141 e. The van der Waals surface area contributed by atoms with Crippen molar-refractivity contribution >= 4 is 0 Å². The molecule has 0 saturated carbocycles. The van der Waals surface area contributed by atoms with Crippen molar-refractivity contribution in [1.82, 2.24) is 20.1 Å². The predicted octanol–water partition coefficient (Wildman–Crippen LogP) is 3.08. The number of methoxy groups -OCH3 is 1. The number of aromatic nitrogens is 3. The predicted molar refractivity (Wildman–Crippen MR) is 97.5 cm³/mol. The maximum Gasteiger partial charge on any atom is 0.141 e. The summed E-state index contributed by atoms with van der Waals surface area (Å²) in [6, 6.07) is 14.3. The maximum absolute atomic E-state index is 5.44. The molecule has 4 rings (SSSR count). The minimum atomic E-state index is 0.808. The van der Waals surface area contributed by atoms with Gasteiger partial charge in [0.05, 0.1) is 18.5 Å². The Bertz CT molecular complexity index is 844. The highest BCUT2D eigenvalue weighted by Crippen LogP contribution is 2.27. The van der Waals surface area contributed by atoms with Gasteiger partial charge in [0.1, 0.15) is 5.75 Å². The lowest BCUT2D eigenvalue weighted by atomic mass is 10.0. The number of nitrogens with zero attached hydrogens (tertiary/aromatic N) is 3. The third-order valence-electron chi connectivity index (χ3n) is 4.80. The first-order chi connectivity index (χ1) is 12.3. The molecule has 0 amide bonds. The zero-order valence-corrected chi connectivity index (χ0v) is 14.4. The molecule has 5 heteroatoms. The lowest BCUT2D eigenvalue weighted by Gasteiger charge is -2.20. The fourth-order valence-corrected chi connectivity index (χ4v) is 3.46. The number of H-pyrrole nitrogens is 1. The number of pyridine rings is 1. The zero-order chi connectivity index (χ0) is 17.1. The topological polar surface area (TPSA) is 54.0 Å².